The first kappa shape index (κ1) is 11.1. The molecule has 1 aromatic carbocycles. The number of rotatable bonds is 2. The number of halogens is 1. The van der Waals surface area contributed by atoms with Crippen LogP contribution < -0.4 is 4.74 Å². The van der Waals surface area contributed by atoms with Gasteiger partial charge in [-0.2, -0.15) is 10.4 Å². The summed E-state index contributed by atoms with van der Waals surface area (Å²) in [7, 11) is 1.73. The van der Waals surface area contributed by atoms with Crippen molar-refractivity contribution in [3.05, 3.63) is 41.3 Å². The van der Waals surface area contributed by atoms with E-state index >= 15 is 0 Å². The third-order valence-corrected chi connectivity index (χ3v) is 2.18. The van der Waals surface area contributed by atoms with Gasteiger partial charge in [0, 0.05) is 19.2 Å². The number of aryl methyl sites for hydroxylation is 2. The summed E-state index contributed by atoms with van der Waals surface area (Å²) >= 11 is 0. The van der Waals surface area contributed by atoms with E-state index in [4.69, 9.17) is 10.00 Å². The van der Waals surface area contributed by atoms with Crippen molar-refractivity contribution in [3.8, 4) is 17.7 Å². The Kier molecular flexibility index (Phi) is 2.79. The molecule has 86 valence electrons. The molecule has 0 N–H and O–H groups in total. The Hall–Kier alpha value is -2.35. The maximum Gasteiger partial charge on any atom is 0.217 e. The lowest BCUT2D eigenvalue weighted by Crippen LogP contribution is -1.95. The number of nitriles is 1. The normalized spacial score (nSPS) is 10.0. The fourth-order valence-electron chi connectivity index (χ4n) is 1.49. The van der Waals surface area contributed by atoms with Crippen LogP contribution >= 0.6 is 0 Å². The SMILES string of the molecule is Cc1cc(Oc2cc(F)cc(C#N)c2)n(C)n1. The zero-order valence-electron chi connectivity index (χ0n) is 9.44. The second kappa shape index (κ2) is 4.26. The van der Waals surface area contributed by atoms with Crippen LogP contribution in [-0.2, 0) is 7.05 Å². The van der Waals surface area contributed by atoms with Crippen LogP contribution in [0.1, 0.15) is 11.3 Å². The molecule has 0 aliphatic carbocycles. The van der Waals surface area contributed by atoms with Crippen LogP contribution in [0, 0.1) is 24.1 Å². The van der Waals surface area contributed by atoms with Crippen molar-refractivity contribution >= 4 is 0 Å². The monoisotopic (exact) mass is 231 g/mol. The zero-order valence-corrected chi connectivity index (χ0v) is 9.44. The highest BCUT2D eigenvalue weighted by atomic mass is 19.1. The summed E-state index contributed by atoms with van der Waals surface area (Å²) in [6, 6.07) is 7.46. The molecule has 0 aliphatic heterocycles. The van der Waals surface area contributed by atoms with Crippen LogP contribution in [0.25, 0.3) is 0 Å². The largest absolute Gasteiger partial charge is 0.439 e. The standard InChI is InChI=1S/C12H10FN3O/c1-8-3-12(16(2)15-8)17-11-5-9(7-14)4-10(13)6-11/h3-6H,1-2H3. The molecule has 0 atom stereocenters. The first-order valence-corrected chi connectivity index (χ1v) is 4.97. The second-order valence-electron chi connectivity index (χ2n) is 3.64. The first-order valence-electron chi connectivity index (χ1n) is 4.97. The van der Waals surface area contributed by atoms with E-state index in [0.29, 0.717) is 5.88 Å². The summed E-state index contributed by atoms with van der Waals surface area (Å²) in [4.78, 5) is 0. The summed E-state index contributed by atoms with van der Waals surface area (Å²) in [5.74, 6) is 0.277. The minimum Gasteiger partial charge on any atom is -0.439 e. The smallest absolute Gasteiger partial charge is 0.217 e. The highest BCUT2D eigenvalue weighted by Crippen LogP contribution is 2.23. The Morgan fingerprint density at radius 2 is 2.12 bits per heavy atom. The number of ether oxygens (including phenoxy) is 1. The van der Waals surface area contributed by atoms with Gasteiger partial charge in [-0.05, 0) is 19.1 Å². The molecule has 0 radical (unpaired) electrons. The van der Waals surface area contributed by atoms with Gasteiger partial charge in [0.05, 0.1) is 17.3 Å². The van der Waals surface area contributed by atoms with Gasteiger partial charge in [-0.3, -0.25) is 0 Å². The minimum absolute atomic E-state index is 0.221. The van der Waals surface area contributed by atoms with E-state index in [9.17, 15) is 4.39 Å². The maximum absolute atomic E-state index is 13.2. The number of aromatic nitrogens is 2. The number of hydrogen-bond donors (Lipinski definition) is 0. The van der Waals surface area contributed by atoms with Gasteiger partial charge in [-0.1, -0.05) is 0 Å². The molecular formula is C12H10FN3O. The second-order valence-corrected chi connectivity index (χ2v) is 3.64. The summed E-state index contributed by atoms with van der Waals surface area (Å²) in [5, 5.41) is 12.8. The van der Waals surface area contributed by atoms with Crippen molar-refractivity contribution in [1.82, 2.24) is 9.78 Å². The molecule has 0 saturated carbocycles. The molecular weight excluding hydrogens is 221 g/mol. The molecule has 0 aliphatic rings. The highest BCUT2D eigenvalue weighted by Gasteiger charge is 2.07. The quantitative estimate of drug-likeness (QED) is 0.798. The van der Waals surface area contributed by atoms with Crippen molar-refractivity contribution in [2.24, 2.45) is 7.05 Å². The Morgan fingerprint density at radius 3 is 2.71 bits per heavy atom. The molecule has 2 rings (SSSR count). The molecule has 2 aromatic rings. The van der Waals surface area contributed by atoms with Crippen molar-refractivity contribution in [2.75, 3.05) is 0 Å². The summed E-state index contributed by atoms with van der Waals surface area (Å²) < 4.78 is 20.2. The van der Waals surface area contributed by atoms with Crippen LogP contribution in [0.4, 0.5) is 4.39 Å². The summed E-state index contributed by atoms with van der Waals surface area (Å²) in [6.07, 6.45) is 0. The fourth-order valence-corrected chi connectivity index (χ4v) is 1.49. The van der Waals surface area contributed by atoms with Crippen molar-refractivity contribution in [1.29, 1.82) is 5.26 Å². The third kappa shape index (κ3) is 2.42. The van der Waals surface area contributed by atoms with Crippen LogP contribution in [0.3, 0.4) is 0 Å². The van der Waals surface area contributed by atoms with Gasteiger partial charge in [0.25, 0.3) is 0 Å². The predicted molar refractivity (Wildman–Crippen MR) is 59.1 cm³/mol. The van der Waals surface area contributed by atoms with E-state index < -0.39 is 5.82 Å². The number of benzene rings is 1. The van der Waals surface area contributed by atoms with Crippen molar-refractivity contribution < 1.29 is 9.13 Å². The lowest BCUT2D eigenvalue weighted by atomic mass is 10.2. The molecule has 0 saturated heterocycles. The fraction of sp³-hybridized carbons (Fsp3) is 0.167. The van der Waals surface area contributed by atoms with Gasteiger partial charge in [0.2, 0.25) is 5.88 Å². The van der Waals surface area contributed by atoms with Gasteiger partial charge in [-0.25, -0.2) is 9.07 Å². The first-order chi connectivity index (χ1) is 8.08. The van der Waals surface area contributed by atoms with Crippen LogP contribution in [0.2, 0.25) is 0 Å². The highest BCUT2D eigenvalue weighted by molar-refractivity contribution is 5.38. The van der Waals surface area contributed by atoms with E-state index in [1.165, 1.54) is 12.1 Å². The molecule has 0 spiro atoms. The lowest BCUT2D eigenvalue weighted by molar-refractivity contribution is 0.427. The topological polar surface area (TPSA) is 50.8 Å². The Labute approximate surface area is 97.9 Å². The van der Waals surface area contributed by atoms with Gasteiger partial charge >= 0.3 is 0 Å². The molecule has 1 aromatic heterocycles. The molecule has 5 heteroatoms. The summed E-state index contributed by atoms with van der Waals surface area (Å²) in [5.41, 5.74) is 1.03. The molecule has 0 bridgehead atoms. The Balaban J connectivity index is 2.33. The van der Waals surface area contributed by atoms with E-state index in [1.807, 2.05) is 13.0 Å². The lowest BCUT2D eigenvalue weighted by Gasteiger charge is -2.05. The number of nitrogens with zero attached hydrogens (tertiary/aromatic N) is 3. The van der Waals surface area contributed by atoms with Gasteiger partial charge < -0.3 is 4.74 Å². The number of hydrogen-bond acceptors (Lipinski definition) is 3. The molecule has 0 fully saturated rings. The predicted octanol–water partition coefficient (Wildman–Crippen LogP) is 2.53. The van der Waals surface area contributed by atoms with E-state index in [2.05, 4.69) is 5.10 Å². The van der Waals surface area contributed by atoms with Crippen molar-refractivity contribution in [2.45, 2.75) is 6.92 Å². The van der Waals surface area contributed by atoms with Gasteiger partial charge in [0.1, 0.15) is 11.6 Å². The molecule has 4 nitrogen and oxygen atoms in total. The molecule has 1 heterocycles. The van der Waals surface area contributed by atoms with Crippen molar-refractivity contribution in [3.63, 3.8) is 0 Å². The zero-order chi connectivity index (χ0) is 12.4. The molecule has 0 unspecified atom stereocenters. The van der Waals surface area contributed by atoms with E-state index in [0.717, 1.165) is 11.8 Å². The average molecular weight is 231 g/mol. The Bertz CT molecular complexity index is 598. The molecule has 0 amide bonds. The van der Waals surface area contributed by atoms with Crippen LogP contribution in [0.15, 0.2) is 24.3 Å². The third-order valence-electron chi connectivity index (χ3n) is 2.18. The average Bonchev–Trinajstić information content (AvgIpc) is 2.56. The van der Waals surface area contributed by atoms with Crippen LogP contribution in [0.5, 0.6) is 11.6 Å². The van der Waals surface area contributed by atoms with Gasteiger partial charge in [0.15, 0.2) is 0 Å². The maximum atomic E-state index is 13.2. The summed E-state index contributed by atoms with van der Waals surface area (Å²) in [6.45, 7) is 1.83. The van der Waals surface area contributed by atoms with Crippen LogP contribution in [-0.4, -0.2) is 9.78 Å². The van der Waals surface area contributed by atoms with E-state index in [1.54, 1.807) is 17.8 Å². The van der Waals surface area contributed by atoms with E-state index in [-0.39, 0.29) is 11.3 Å². The molecule has 17 heavy (non-hydrogen) atoms. The van der Waals surface area contributed by atoms with Gasteiger partial charge in [-0.15, -0.1) is 0 Å². The minimum atomic E-state index is -0.502. The Morgan fingerprint density at radius 1 is 1.35 bits per heavy atom.